The molecule has 0 fully saturated rings. The molecule has 2 N–H and O–H groups in total. The van der Waals surface area contributed by atoms with Gasteiger partial charge in [-0.25, -0.2) is 4.39 Å². The number of hydrogen-bond donors (Lipinski definition) is 2. The summed E-state index contributed by atoms with van der Waals surface area (Å²) in [5.41, 5.74) is 2.42. The lowest BCUT2D eigenvalue weighted by molar-refractivity contribution is -0.119. The van der Waals surface area contributed by atoms with Gasteiger partial charge in [-0.3, -0.25) is 14.5 Å². The van der Waals surface area contributed by atoms with Crippen LogP contribution in [0.4, 0.5) is 15.8 Å². The minimum atomic E-state index is -0.362. The van der Waals surface area contributed by atoms with Crippen LogP contribution >= 0.6 is 0 Å². The van der Waals surface area contributed by atoms with Crippen molar-refractivity contribution in [3.63, 3.8) is 0 Å². The number of para-hydroxylation sites is 1. The second-order valence-corrected chi connectivity index (χ2v) is 6.67. The summed E-state index contributed by atoms with van der Waals surface area (Å²) in [5.74, 6) is -0.458. The average Bonchev–Trinajstić information content (AvgIpc) is 2.63. The number of nitrogens with zero attached hydrogens (tertiary/aromatic N) is 1. The Labute approximate surface area is 159 Å². The molecule has 144 valence electrons. The summed E-state index contributed by atoms with van der Waals surface area (Å²) in [4.78, 5) is 26.0. The maximum atomic E-state index is 12.9. The summed E-state index contributed by atoms with van der Waals surface area (Å²) in [6.45, 7) is 4.37. The van der Waals surface area contributed by atoms with Crippen LogP contribution in [0, 0.1) is 5.82 Å². The number of amides is 2. The van der Waals surface area contributed by atoms with Crippen molar-refractivity contribution in [2.45, 2.75) is 26.2 Å². The van der Waals surface area contributed by atoms with Crippen LogP contribution in [0.1, 0.15) is 31.7 Å². The molecule has 0 aliphatic carbocycles. The van der Waals surface area contributed by atoms with Crippen LogP contribution in [0.2, 0.25) is 0 Å². The van der Waals surface area contributed by atoms with Gasteiger partial charge in [-0.1, -0.05) is 32.0 Å². The zero-order valence-electron chi connectivity index (χ0n) is 16.0. The number of hydrogen-bond acceptors (Lipinski definition) is 3. The molecule has 0 heterocycles. The van der Waals surface area contributed by atoms with Crippen molar-refractivity contribution in [1.29, 1.82) is 0 Å². The first-order valence-corrected chi connectivity index (χ1v) is 9.01. The molecule has 27 heavy (non-hydrogen) atoms. The molecule has 2 amide bonds. The van der Waals surface area contributed by atoms with E-state index in [1.54, 1.807) is 11.9 Å². The van der Waals surface area contributed by atoms with Crippen LogP contribution in [0.25, 0.3) is 0 Å². The number of anilines is 2. The van der Waals surface area contributed by atoms with Gasteiger partial charge < -0.3 is 10.6 Å². The predicted molar refractivity (Wildman–Crippen MR) is 106 cm³/mol. The van der Waals surface area contributed by atoms with Crippen LogP contribution in [0.3, 0.4) is 0 Å². The Kier molecular flexibility index (Phi) is 7.49. The Morgan fingerprint density at radius 3 is 2.22 bits per heavy atom. The van der Waals surface area contributed by atoms with Crippen LogP contribution in [0.15, 0.2) is 48.5 Å². The summed E-state index contributed by atoms with van der Waals surface area (Å²) in [7, 11) is 1.70. The normalized spacial score (nSPS) is 11.9. The van der Waals surface area contributed by atoms with E-state index in [0.717, 1.165) is 17.7 Å². The van der Waals surface area contributed by atoms with Crippen LogP contribution in [-0.4, -0.2) is 36.9 Å². The summed E-state index contributed by atoms with van der Waals surface area (Å²) in [5, 5.41) is 5.61. The first kappa shape index (κ1) is 20.6. The molecular weight excluding hydrogens is 345 g/mol. The molecule has 0 radical (unpaired) electrons. The molecule has 1 atom stereocenters. The molecule has 0 bridgehead atoms. The molecule has 0 aliphatic rings. The van der Waals surface area contributed by atoms with Gasteiger partial charge in [-0.2, -0.15) is 0 Å². The summed E-state index contributed by atoms with van der Waals surface area (Å²) < 4.78 is 12.9. The van der Waals surface area contributed by atoms with Crippen LogP contribution < -0.4 is 10.6 Å². The lowest BCUT2D eigenvalue weighted by Gasteiger charge is -2.18. The first-order valence-electron chi connectivity index (χ1n) is 9.01. The summed E-state index contributed by atoms with van der Waals surface area (Å²) in [6, 6.07) is 13.3. The minimum absolute atomic E-state index is 0.0534. The number of halogens is 1. The van der Waals surface area contributed by atoms with E-state index in [1.165, 1.54) is 24.3 Å². The standard InChI is InChI=1S/C21H26FN3O2/c1-4-15(2)18-7-5-6-8-19(18)24-21(27)14-25(3)13-20(26)23-17-11-9-16(22)10-12-17/h5-12,15H,4,13-14H2,1-3H3,(H,23,26)(H,24,27)/t15-/m1/s1. The molecule has 0 aromatic heterocycles. The number of benzene rings is 2. The fourth-order valence-corrected chi connectivity index (χ4v) is 2.73. The van der Waals surface area contributed by atoms with Crippen molar-refractivity contribution < 1.29 is 14.0 Å². The third kappa shape index (κ3) is 6.49. The lowest BCUT2D eigenvalue weighted by Crippen LogP contribution is -2.36. The fourth-order valence-electron chi connectivity index (χ4n) is 2.73. The largest absolute Gasteiger partial charge is 0.325 e. The predicted octanol–water partition coefficient (Wildman–Crippen LogP) is 3.85. The molecule has 2 rings (SSSR count). The highest BCUT2D eigenvalue weighted by Crippen LogP contribution is 2.26. The minimum Gasteiger partial charge on any atom is -0.325 e. The van der Waals surface area contributed by atoms with Crippen molar-refractivity contribution in [3.05, 3.63) is 59.9 Å². The monoisotopic (exact) mass is 371 g/mol. The molecule has 0 aliphatic heterocycles. The summed E-state index contributed by atoms with van der Waals surface area (Å²) >= 11 is 0. The van der Waals surface area contributed by atoms with E-state index in [4.69, 9.17) is 0 Å². The zero-order chi connectivity index (χ0) is 19.8. The maximum Gasteiger partial charge on any atom is 0.238 e. The Hall–Kier alpha value is -2.73. The maximum absolute atomic E-state index is 12.9. The van der Waals surface area contributed by atoms with Crippen molar-refractivity contribution in [2.24, 2.45) is 0 Å². The van der Waals surface area contributed by atoms with Gasteiger partial charge in [-0.15, -0.1) is 0 Å². The number of carbonyl (C=O) groups is 2. The quantitative estimate of drug-likeness (QED) is 0.741. The van der Waals surface area contributed by atoms with E-state index in [9.17, 15) is 14.0 Å². The van der Waals surface area contributed by atoms with E-state index in [2.05, 4.69) is 24.5 Å². The van der Waals surface area contributed by atoms with Gasteiger partial charge in [0.25, 0.3) is 0 Å². The number of rotatable bonds is 8. The fraction of sp³-hybridized carbons (Fsp3) is 0.333. The molecule has 0 spiro atoms. The van der Waals surface area contributed by atoms with Crippen molar-refractivity contribution in [3.8, 4) is 0 Å². The van der Waals surface area contributed by atoms with Crippen molar-refractivity contribution in [1.82, 2.24) is 4.90 Å². The number of carbonyl (C=O) groups excluding carboxylic acids is 2. The van der Waals surface area contributed by atoms with Crippen molar-refractivity contribution >= 4 is 23.2 Å². The van der Waals surface area contributed by atoms with E-state index in [0.29, 0.717) is 11.6 Å². The van der Waals surface area contributed by atoms with Gasteiger partial charge in [0.1, 0.15) is 5.82 Å². The highest BCUT2D eigenvalue weighted by Gasteiger charge is 2.14. The van der Waals surface area contributed by atoms with Crippen LogP contribution in [-0.2, 0) is 9.59 Å². The Bertz CT molecular complexity index is 777. The molecular formula is C21H26FN3O2. The Balaban J connectivity index is 1.86. The Morgan fingerprint density at radius 2 is 1.59 bits per heavy atom. The van der Waals surface area contributed by atoms with E-state index >= 15 is 0 Å². The second kappa shape index (κ2) is 9.83. The van der Waals surface area contributed by atoms with Gasteiger partial charge in [0.05, 0.1) is 13.1 Å². The first-order chi connectivity index (χ1) is 12.9. The SMILES string of the molecule is CC[C@@H](C)c1ccccc1NC(=O)CN(C)CC(=O)Nc1ccc(F)cc1. The van der Waals surface area contributed by atoms with Crippen LogP contribution in [0.5, 0.6) is 0 Å². The molecule has 2 aromatic carbocycles. The van der Waals surface area contributed by atoms with Gasteiger partial charge in [0.2, 0.25) is 11.8 Å². The third-order valence-electron chi connectivity index (χ3n) is 4.33. The van der Waals surface area contributed by atoms with Gasteiger partial charge in [0.15, 0.2) is 0 Å². The van der Waals surface area contributed by atoms with Gasteiger partial charge in [0, 0.05) is 11.4 Å². The second-order valence-electron chi connectivity index (χ2n) is 6.67. The van der Waals surface area contributed by atoms with Gasteiger partial charge >= 0.3 is 0 Å². The average molecular weight is 371 g/mol. The molecule has 0 unspecified atom stereocenters. The molecule has 0 saturated heterocycles. The molecule has 0 saturated carbocycles. The smallest absolute Gasteiger partial charge is 0.238 e. The summed E-state index contributed by atoms with van der Waals surface area (Å²) in [6.07, 6.45) is 0.982. The zero-order valence-corrected chi connectivity index (χ0v) is 16.0. The van der Waals surface area contributed by atoms with Gasteiger partial charge in [-0.05, 0) is 55.3 Å². The highest BCUT2D eigenvalue weighted by atomic mass is 19.1. The van der Waals surface area contributed by atoms with Crippen molar-refractivity contribution in [2.75, 3.05) is 30.8 Å². The molecule has 5 nitrogen and oxygen atoms in total. The topological polar surface area (TPSA) is 61.4 Å². The van der Waals surface area contributed by atoms with E-state index in [1.807, 2.05) is 24.3 Å². The lowest BCUT2D eigenvalue weighted by atomic mass is 9.97. The Morgan fingerprint density at radius 1 is 1.00 bits per heavy atom. The van der Waals surface area contributed by atoms with E-state index < -0.39 is 0 Å². The third-order valence-corrected chi connectivity index (χ3v) is 4.33. The van der Waals surface area contributed by atoms with E-state index in [-0.39, 0.29) is 30.7 Å². The number of nitrogens with one attached hydrogen (secondary N) is 2. The molecule has 2 aromatic rings. The highest BCUT2D eigenvalue weighted by molar-refractivity contribution is 5.95. The number of likely N-dealkylation sites (N-methyl/N-ethyl adjacent to an activating group) is 1. The molecule has 6 heteroatoms.